The number of carboxylic acid groups (broad SMARTS) is 1. The van der Waals surface area contributed by atoms with Crippen molar-refractivity contribution < 1.29 is 37.0 Å². The molecule has 2 aliphatic rings. The molecule has 0 saturated heterocycles. The second-order valence-corrected chi connectivity index (χ2v) is 11.7. The van der Waals surface area contributed by atoms with Crippen LogP contribution in [-0.2, 0) is 18.4 Å². The van der Waals surface area contributed by atoms with Gasteiger partial charge in [0.15, 0.2) is 11.9 Å². The summed E-state index contributed by atoms with van der Waals surface area (Å²) < 4.78 is 66.1. The van der Waals surface area contributed by atoms with Crippen LogP contribution in [0.2, 0.25) is 0 Å². The molecule has 0 radical (unpaired) electrons. The molecule has 246 valence electrons. The molecule has 2 amide bonds. The fraction of sp³-hybridized carbons (Fsp3) is 0.344. The number of alkyl halides is 3. The fourth-order valence-corrected chi connectivity index (χ4v) is 6.11. The number of amides is 2. The fourth-order valence-electron chi connectivity index (χ4n) is 6.11. The van der Waals surface area contributed by atoms with E-state index < -0.39 is 35.6 Å². The minimum atomic E-state index is -4.85. The number of rotatable bonds is 10. The van der Waals surface area contributed by atoms with Gasteiger partial charge in [-0.05, 0) is 78.8 Å². The van der Waals surface area contributed by atoms with Crippen molar-refractivity contribution in [1.82, 2.24) is 25.1 Å². The van der Waals surface area contributed by atoms with Crippen LogP contribution in [0, 0.1) is 5.82 Å². The molecule has 1 unspecified atom stereocenters. The Morgan fingerprint density at radius 1 is 1.11 bits per heavy atom. The van der Waals surface area contributed by atoms with E-state index in [1.165, 1.54) is 48.8 Å². The molecule has 0 bridgehead atoms. The number of benzene rings is 2. The van der Waals surface area contributed by atoms with Gasteiger partial charge in [-0.25, -0.2) is 14.2 Å². The monoisotopic (exact) mass is 653 g/mol. The summed E-state index contributed by atoms with van der Waals surface area (Å²) in [5.41, 5.74) is 0.553. The average Bonchev–Trinajstić information content (AvgIpc) is 3.55. The number of halogens is 4. The van der Waals surface area contributed by atoms with Gasteiger partial charge in [-0.3, -0.25) is 9.69 Å². The second-order valence-electron chi connectivity index (χ2n) is 11.7. The molecule has 47 heavy (non-hydrogen) atoms. The van der Waals surface area contributed by atoms with Crippen molar-refractivity contribution in [1.29, 1.82) is 0 Å². The third kappa shape index (κ3) is 6.22. The Kier molecular flexibility index (Phi) is 8.34. The van der Waals surface area contributed by atoms with Gasteiger partial charge in [0.05, 0.1) is 18.8 Å². The molecule has 4 aromatic rings. The highest BCUT2D eigenvalue weighted by Crippen LogP contribution is 2.47. The van der Waals surface area contributed by atoms with E-state index in [0.29, 0.717) is 52.4 Å². The highest BCUT2D eigenvalue weighted by Gasteiger charge is 2.53. The summed E-state index contributed by atoms with van der Waals surface area (Å²) in [6.07, 6.45) is -2.49. The number of ether oxygens (including phenoxy) is 1. The number of nitrogens with zero attached hydrogens (tertiary/aromatic N) is 5. The van der Waals surface area contributed by atoms with Gasteiger partial charge in [-0.15, -0.1) is 10.2 Å². The number of hydrogen-bond donors (Lipinski definition) is 3. The number of carbonyl (C=O) groups excluding carboxylic acids is 1. The number of fused-ring (bicyclic) bond motifs is 1. The summed E-state index contributed by atoms with van der Waals surface area (Å²) in [5, 5.41) is 22.6. The van der Waals surface area contributed by atoms with Gasteiger partial charge in [-0.1, -0.05) is 18.2 Å². The van der Waals surface area contributed by atoms with E-state index in [9.17, 15) is 27.2 Å². The Bertz CT molecular complexity index is 1840. The second kappa shape index (κ2) is 12.3. The normalized spacial score (nSPS) is 16.9. The molecule has 1 fully saturated rings. The number of carbonyl (C=O) groups is 2. The van der Waals surface area contributed by atoms with Gasteiger partial charge >= 0.3 is 12.3 Å². The van der Waals surface area contributed by atoms with Crippen LogP contribution in [0.4, 0.5) is 34.0 Å². The van der Waals surface area contributed by atoms with Crippen LogP contribution < -0.4 is 15.5 Å². The maximum atomic E-state index is 14.8. The number of anilines is 2. The van der Waals surface area contributed by atoms with E-state index in [4.69, 9.17) is 9.84 Å². The lowest BCUT2D eigenvalue weighted by Crippen LogP contribution is -2.56. The molecule has 3 N–H and O–H groups in total. The van der Waals surface area contributed by atoms with E-state index in [2.05, 4.69) is 25.8 Å². The van der Waals surface area contributed by atoms with E-state index in [1.807, 2.05) is 0 Å². The molecule has 11 nitrogen and oxygen atoms in total. The topological polar surface area (TPSA) is 134 Å². The summed E-state index contributed by atoms with van der Waals surface area (Å²) in [6, 6.07) is 8.74. The number of hydrogen-bond acceptors (Lipinski definition) is 7. The van der Waals surface area contributed by atoms with Crippen LogP contribution in [0.15, 0.2) is 54.9 Å². The first kappa shape index (κ1) is 31.9. The highest BCUT2D eigenvalue weighted by molar-refractivity contribution is 6.11. The molecule has 2 aromatic heterocycles. The Balaban J connectivity index is 1.37. The average molecular weight is 654 g/mol. The molecule has 2 aromatic carbocycles. The van der Waals surface area contributed by atoms with E-state index in [-0.39, 0.29) is 36.0 Å². The van der Waals surface area contributed by atoms with Crippen LogP contribution in [-0.4, -0.2) is 61.7 Å². The summed E-state index contributed by atoms with van der Waals surface area (Å²) in [4.78, 5) is 30.1. The number of pyridine rings is 1. The van der Waals surface area contributed by atoms with Crippen LogP contribution in [0.5, 0.6) is 0 Å². The predicted molar refractivity (Wildman–Crippen MR) is 163 cm³/mol. The third-order valence-electron chi connectivity index (χ3n) is 8.42. The zero-order valence-corrected chi connectivity index (χ0v) is 25.4. The van der Waals surface area contributed by atoms with E-state index >= 15 is 0 Å². The van der Waals surface area contributed by atoms with Crippen molar-refractivity contribution in [3.8, 4) is 22.5 Å². The number of nitrogens with one attached hydrogen (secondary N) is 2. The molecule has 1 saturated carbocycles. The lowest BCUT2D eigenvalue weighted by molar-refractivity contribution is -0.147. The molecule has 0 spiro atoms. The smallest absolute Gasteiger partial charge is 0.413 e. The summed E-state index contributed by atoms with van der Waals surface area (Å²) in [6.45, 7) is 2.23. The van der Waals surface area contributed by atoms with Crippen molar-refractivity contribution in [3.05, 3.63) is 77.4 Å². The molecule has 1 aliphatic heterocycles. The first-order valence-electron chi connectivity index (χ1n) is 14.9. The molecule has 1 aliphatic carbocycles. The summed E-state index contributed by atoms with van der Waals surface area (Å²) in [7, 11) is 1.68. The van der Waals surface area contributed by atoms with Crippen LogP contribution in [0.3, 0.4) is 0 Å². The Labute approximate surface area is 266 Å². The van der Waals surface area contributed by atoms with Crippen LogP contribution in [0.25, 0.3) is 22.5 Å². The van der Waals surface area contributed by atoms with Crippen molar-refractivity contribution in [2.45, 2.75) is 50.6 Å². The number of aromatic nitrogens is 4. The molecule has 15 heteroatoms. The Morgan fingerprint density at radius 2 is 1.89 bits per heavy atom. The van der Waals surface area contributed by atoms with Crippen molar-refractivity contribution in [3.63, 3.8) is 0 Å². The Hall–Kier alpha value is -5.05. The molecular weight excluding hydrogens is 622 g/mol. The standard InChI is InChI=1S/C32H31F4N7O4/c1-3-37-25-12-19(21-8-6-20(33)14-23(21)28-41-38-17-42(28)2)13-26(39-25)43-27(32(34,35)36)22-7-5-18(11-24(22)29(43)44)15-47-16-31(9-4-10-31)40-30(45)46/h5-8,11-14,17,27,40H,3-4,9-10,15-16H2,1-2H3,(H,37,39)(H,45,46). The third-order valence-corrected chi connectivity index (χ3v) is 8.42. The first-order chi connectivity index (χ1) is 22.4. The van der Waals surface area contributed by atoms with E-state index in [1.54, 1.807) is 24.6 Å². The number of aryl methyl sites for hydroxylation is 1. The molecule has 1 atom stereocenters. The van der Waals surface area contributed by atoms with Gasteiger partial charge in [0.1, 0.15) is 23.8 Å². The molecular formula is C32H31F4N7O4. The quantitative estimate of drug-likeness (QED) is 0.175. The first-order valence-corrected chi connectivity index (χ1v) is 14.9. The maximum Gasteiger partial charge on any atom is 0.413 e. The van der Waals surface area contributed by atoms with Crippen molar-refractivity contribution in [2.24, 2.45) is 7.05 Å². The SMILES string of the molecule is CCNc1cc(-c2ccc(F)cc2-c2nncn2C)cc(N2C(=O)c3cc(COCC4(NC(=O)O)CCC4)ccc3C2C(F)(F)F)n1. The zero-order valence-electron chi connectivity index (χ0n) is 25.4. The summed E-state index contributed by atoms with van der Waals surface area (Å²) in [5.74, 6) is -1.15. The maximum absolute atomic E-state index is 14.8. The van der Waals surface area contributed by atoms with Gasteiger partial charge in [0.25, 0.3) is 5.91 Å². The van der Waals surface area contributed by atoms with Gasteiger partial charge in [0, 0.05) is 24.7 Å². The van der Waals surface area contributed by atoms with Crippen LogP contribution in [0.1, 0.15) is 53.7 Å². The van der Waals surface area contributed by atoms with Gasteiger partial charge in [0.2, 0.25) is 0 Å². The highest BCUT2D eigenvalue weighted by atomic mass is 19.4. The molecule has 6 rings (SSSR count). The predicted octanol–water partition coefficient (Wildman–Crippen LogP) is 6.09. The van der Waals surface area contributed by atoms with Gasteiger partial charge in [-0.2, -0.15) is 13.2 Å². The zero-order chi connectivity index (χ0) is 33.5. The minimum absolute atomic E-state index is 0.0337. The summed E-state index contributed by atoms with van der Waals surface area (Å²) >= 11 is 0. The lowest BCUT2D eigenvalue weighted by Gasteiger charge is -2.41. The Morgan fingerprint density at radius 3 is 2.53 bits per heavy atom. The largest absolute Gasteiger partial charge is 0.465 e. The molecule has 3 heterocycles. The van der Waals surface area contributed by atoms with Crippen LogP contribution >= 0.6 is 0 Å². The van der Waals surface area contributed by atoms with Gasteiger partial charge < -0.3 is 25.0 Å². The van der Waals surface area contributed by atoms with Crippen molar-refractivity contribution >= 4 is 23.6 Å². The van der Waals surface area contributed by atoms with Crippen molar-refractivity contribution in [2.75, 3.05) is 23.4 Å². The van der Waals surface area contributed by atoms with E-state index in [0.717, 1.165) is 6.42 Å². The minimum Gasteiger partial charge on any atom is -0.465 e. The lowest BCUT2D eigenvalue weighted by atomic mass is 9.77.